The third-order valence-electron chi connectivity index (χ3n) is 1.56. The van der Waals surface area contributed by atoms with Gasteiger partial charge in [0.15, 0.2) is 0 Å². The van der Waals surface area contributed by atoms with Crippen LogP contribution in [-0.4, -0.2) is 30.3 Å². The van der Waals surface area contributed by atoms with Crippen LogP contribution in [0.2, 0.25) is 0 Å². The summed E-state index contributed by atoms with van der Waals surface area (Å²) in [5.41, 5.74) is 0. The first-order valence-corrected chi connectivity index (χ1v) is 4.52. The van der Waals surface area contributed by atoms with Gasteiger partial charge < -0.3 is 5.11 Å². The molecule has 1 heterocycles. The van der Waals surface area contributed by atoms with Crippen LogP contribution in [0.1, 0.15) is 4.88 Å². The van der Waals surface area contributed by atoms with Crippen LogP contribution in [0.4, 0.5) is 0 Å². The highest BCUT2D eigenvalue weighted by atomic mass is 32.1. The lowest BCUT2D eigenvalue weighted by atomic mass is 10.3. The van der Waals surface area contributed by atoms with Crippen molar-refractivity contribution in [3.05, 3.63) is 22.4 Å². The summed E-state index contributed by atoms with van der Waals surface area (Å²) < 4.78 is 0. The number of hydrogen-bond acceptors (Lipinski definition) is 3. The van der Waals surface area contributed by atoms with Crippen LogP contribution < -0.4 is 0 Å². The molecule has 0 atom stereocenters. The largest absolute Gasteiger partial charge is 0.381 e. The SMILES string of the molecule is CN(CO)CCc1cccs1. The Labute approximate surface area is 71.1 Å². The lowest BCUT2D eigenvalue weighted by Gasteiger charge is -2.10. The van der Waals surface area contributed by atoms with Crippen LogP contribution in [0, 0.1) is 0 Å². The third-order valence-corrected chi connectivity index (χ3v) is 2.50. The quantitative estimate of drug-likeness (QED) is 0.687. The normalized spacial score (nSPS) is 10.8. The van der Waals surface area contributed by atoms with E-state index in [0.717, 1.165) is 13.0 Å². The number of aliphatic hydroxyl groups excluding tert-OH is 1. The first kappa shape index (κ1) is 8.71. The number of nitrogens with zero attached hydrogens (tertiary/aromatic N) is 1. The van der Waals surface area contributed by atoms with Crippen LogP contribution in [0.15, 0.2) is 17.5 Å². The first-order chi connectivity index (χ1) is 5.33. The van der Waals surface area contributed by atoms with E-state index in [-0.39, 0.29) is 6.73 Å². The average Bonchev–Trinajstić information content (AvgIpc) is 2.52. The number of likely N-dealkylation sites (N-methyl/N-ethyl adjacent to an activating group) is 1. The molecule has 1 N–H and O–H groups in total. The van der Waals surface area contributed by atoms with Gasteiger partial charge >= 0.3 is 0 Å². The van der Waals surface area contributed by atoms with E-state index in [1.54, 1.807) is 11.3 Å². The van der Waals surface area contributed by atoms with Crippen molar-refractivity contribution in [2.75, 3.05) is 20.3 Å². The van der Waals surface area contributed by atoms with Gasteiger partial charge in [0.25, 0.3) is 0 Å². The lowest BCUT2D eigenvalue weighted by molar-refractivity contribution is 0.134. The summed E-state index contributed by atoms with van der Waals surface area (Å²) in [6, 6.07) is 4.18. The molecule has 0 saturated carbocycles. The Morgan fingerprint density at radius 3 is 3.00 bits per heavy atom. The van der Waals surface area contributed by atoms with E-state index in [0.29, 0.717) is 0 Å². The molecule has 0 spiro atoms. The monoisotopic (exact) mass is 171 g/mol. The summed E-state index contributed by atoms with van der Waals surface area (Å²) in [6.07, 6.45) is 1.04. The van der Waals surface area contributed by atoms with Crippen molar-refractivity contribution in [2.24, 2.45) is 0 Å². The van der Waals surface area contributed by atoms with Crippen molar-refractivity contribution in [3.8, 4) is 0 Å². The summed E-state index contributed by atoms with van der Waals surface area (Å²) >= 11 is 1.77. The highest BCUT2D eigenvalue weighted by Crippen LogP contribution is 2.08. The minimum atomic E-state index is 0.144. The minimum absolute atomic E-state index is 0.144. The molecule has 0 amide bonds. The Balaban J connectivity index is 2.23. The average molecular weight is 171 g/mol. The van der Waals surface area contributed by atoms with Crippen LogP contribution >= 0.6 is 11.3 Å². The number of hydrogen-bond donors (Lipinski definition) is 1. The number of rotatable bonds is 4. The second-order valence-corrected chi connectivity index (χ2v) is 3.58. The van der Waals surface area contributed by atoms with Crippen LogP contribution in [0.3, 0.4) is 0 Å². The van der Waals surface area contributed by atoms with E-state index in [1.807, 2.05) is 11.9 Å². The molecule has 0 aliphatic heterocycles. The molecule has 0 aromatic carbocycles. The Kier molecular flexibility index (Phi) is 3.56. The van der Waals surface area contributed by atoms with Crippen LogP contribution in [0.25, 0.3) is 0 Å². The van der Waals surface area contributed by atoms with Gasteiger partial charge in [0.05, 0.1) is 6.73 Å². The molecule has 1 rings (SSSR count). The molecular weight excluding hydrogens is 158 g/mol. The van der Waals surface area contributed by atoms with Gasteiger partial charge in [-0.2, -0.15) is 0 Å². The van der Waals surface area contributed by atoms with E-state index in [9.17, 15) is 0 Å². The molecule has 62 valence electrons. The fourth-order valence-corrected chi connectivity index (χ4v) is 1.52. The molecule has 0 radical (unpaired) electrons. The van der Waals surface area contributed by atoms with Gasteiger partial charge in [0.1, 0.15) is 0 Å². The maximum absolute atomic E-state index is 8.69. The summed E-state index contributed by atoms with van der Waals surface area (Å²) in [5, 5.41) is 10.8. The molecule has 0 saturated heterocycles. The summed E-state index contributed by atoms with van der Waals surface area (Å²) in [5.74, 6) is 0. The molecule has 0 fully saturated rings. The van der Waals surface area contributed by atoms with E-state index < -0.39 is 0 Å². The van der Waals surface area contributed by atoms with Gasteiger partial charge in [0.2, 0.25) is 0 Å². The van der Waals surface area contributed by atoms with Gasteiger partial charge in [-0.1, -0.05) is 6.07 Å². The smallest absolute Gasteiger partial charge is 0.0954 e. The molecule has 2 nitrogen and oxygen atoms in total. The molecule has 0 bridgehead atoms. The standard InChI is InChI=1S/C8H13NOS/c1-9(7-10)5-4-8-3-2-6-11-8/h2-3,6,10H,4-5,7H2,1H3. The Morgan fingerprint density at radius 1 is 1.64 bits per heavy atom. The highest BCUT2D eigenvalue weighted by Gasteiger charge is 1.96. The predicted octanol–water partition coefficient (Wildman–Crippen LogP) is 1.17. The van der Waals surface area contributed by atoms with Gasteiger partial charge in [-0.05, 0) is 24.9 Å². The number of thiophene rings is 1. The van der Waals surface area contributed by atoms with Crippen molar-refractivity contribution >= 4 is 11.3 Å². The fourth-order valence-electron chi connectivity index (χ4n) is 0.827. The van der Waals surface area contributed by atoms with Gasteiger partial charge in [-0.15, -0.1) is 11.3 Å². The molecule has 0 unspecified atom stereocenters. The molecular formula is C8H13NOS. The molecule has 1 aromatic heterocycles. The predicted molar refractivity (Wildman–Crippen MR) is 47.7 cm³/mol. The molecule has 3 heteroatoms. The van der Waals surface area contributed by atoms with Crippen molar-refractivity contribution in [2.45, 2.75) is 6.42 Å². The van der Waals surface area contributed by atoms with Gasteiger partial charge in [-0.25, -0.2) is 0 Å². The summed E-state index contributed by atoms with van der Waals surface area (Å²) in [4.78, 5) is 3.27. The summed E-state index contributed by atoms with van der Waals surface area (Å²) in [7, 11) is 1.91. The van der Waals surface area contributed by atoms with Crippen LogP contribution in [-0.2, 0) is 6.42 Å². The highest BCUT2D eigenvalue weighted by molar-refractivity contribution is 7.09. The zero-order valence-corrected chi connectivity index (χ0v) is 7.47. The first-order valence-electron chi connectivity index (χ1n) is 3.64. The van der Waals surface area contributed by atoms with Crippen molar-refractivity contribution < 1.29 is 5.11 Å². The van der Waals surface area contributed by atoms with Gasteiger partial charge in [0, 0.05) is 11.4 Å². The van der Waals surface area contributed by atoms with Crippen molar-refractivity contribution in [1.82, 2.24) is 4.90 Å². The second kappa shape index (κ2) is 4.49. The van der Waals surface area contributed by atoms with Crippen molar-refractivity contribution in [1.29, 1.82) is 0 Å². The molecule has 11 heavy (non-hydrogen) atoms. The molecule has 0 aliphatic carbocycles. The van der Waals surface area contributed by atoms with Crippen LogP contribution in [0.5, 0.6) is 0 Å². The zero-order chi connectivity index (χ0) is 8.10. The Morgan fingerprint density at radius 2 is 2.45 bits per heavy atom. The third kappa shape index (κ3) is 3.01. The zero-order valence-electron chi connectivity index (χ0n) is 6.66. The summed E-state index contributed by atoms with van der Waals surface area (Å²) in [6.45, 7) is 1.07. The Hall–Kier alpha value is -0.380. The van der Waals surface area contributed by atoms with E-state index >= 15 is 0 Å². The maximum Gasteiger partial charge on any atom is 0.0954 e. The van der Waals surface area contributed by atoms with Gasteiger partial charge in [-0.3, -0.25) is 4.90 Å². The van der Waals surface area contributed by atoms with E-state index in [1.165, 1.54) is 4.88 Å². The fraction of sp³-hybridized carbons (Fsp3) is 0.500. The number of aliphatic hydroxyl groups is 1. The minimum Gasteiger partial charge on any atom is -0.381 e. The molecule has 0 aliphatic rings. The molecule has 1 aromatic rings. The van der Waals surface area contributed by atoms with E-state index in [2.05, 4.69) is 17.5 Å². The topological polar surface area (TPSA) is 23.5 Å². The van der Waals surface area contributed by atoms with Crippen molar-refractivity contribution in [3.63, 3.8) is 0 Å². The van der Waals surface area contributed by atoms with E-state index in [4.69, 9.17) is 5.11 Å². The second-order valence-electron chi connectivity index (χ2n) is 2.55. The maximum atomic E-state index is 8.69. The Bertz CT molecular complexity index is 186. The lowest BCUT2D eigenvalue weighted by Crippen LogP contribution is -2.21.